The number of para-hydroxylation sites is 1. The highest BCUT2D eigenvalue weighted by molar-refractivity contribution is 5.72. The van der Waals surface area contributed by atoms with E-state index in [2.05, 4.69) is 5.32 Å². The van der Waals surface area contributed by atoms with Gasteiger partial charge in [0.05, 0.1) is 23.5 Å². The van der Waals surface area contributed by atoms with Crippen molar-refractivity contribution in [2.24, 2.45) is 5.41 Å². The quantitative estimate of drug-likeness (QED) is 0.664. The van der Waals surface area contributed by atoms with E-state index in [9.17, 15) is 5.11 Å². The Balaban J connectivity index is 2.08. The smallest absolute Gasteiger partial charge is 0.101 e. The molecule has 1 aliphatic carbocycles. The van der Waals surface area contributed by atoms with Gasteiger partial charge in [0.15, 0.2) is 0 Å². The van der Waals surface area contributed by atoms with Crippen molar-refractivity contribution in [2.75, 3.05) is 24.2 Å². The molecule has 0 radical (unpaired) electrons. The molecular weight excluding hydrogens is 202 g/mol. The molecule has 0 amide bonds. The average molecular weight is 217 g/mol. The van der Waals surface area contributed by atoms with Crippen LogP contribution in [-0.4, -0.2) is 18.3 Å². The highest BCUT2D eigenvalue weighted by atomic mass is 16.3. The summed E-state index contributed by atoms with van der Waals surface area (Å²) in [6.45, 7) is 0.917. The number of aliphatic hydroxyl groups is 1. The van der Waals surface area contributed by atoms with Gasteiger partial charge < -0.3 is 16.2 Å². The Morgan fingerprint density at radius 1 is 1.50 bits per heavy atom. The second-order valence-electron chi connectivity index (χ2n) is 4.39. The number of anilines is 2. The molecule has 0 spiro atoms. The van der Waals surface area contributed by atoms with Crippen molar-refractivity contribution in [1.82, 2.24) is 0 Å². The fraction of sp³-hybridized carbons (Fsp3) is 0.417. The number of nitrogens with zero attached hydrogens (tertiary/aromatic N) is 1. The SMILES string of the molecule is N#Cc1cccc(NCC2(CO)CC2)c1N. The van der Waals surface area contributed by atoms with Gasteiger partial charge in [-0.1, -0.05) is 6.07 Å². The molecule has 0 heterocycles. The zero-order valence-electron chi connectivity index (χ0n) is 9.03. The maximum absolute atomic E-state index is 9.18. The number of hydrogen-bond acceptors (Lipinski definition) is 4. The predicted octanol–water partition coefficient (Wildman–Crippen LogP) is 1.32. The number of benzene rings is 1. The van der Waals surface area contributed by atoms with Crippen molar-refractivity contribution in [3.8, 4) is 6.07 Å². The summed E-state index contributed by atoms with van der Waals surface area (Å²) in [5.74, 6) is 0. The molecule has 2 rings (SSSR count). The molecule has 0 saturated heterocycles. The molecule has 4 heteroatoms. The van der Waals surface area contributed by atoms with Gasteiger partial charge in [-0.2, -0.15) is 5.26 Å². The monoisotopic (exact) mass is 217 g/mol. The van der Waals surface area contributed by atoms with E-state index in [0.717, 1.165) is 18.5 Å². The Morgan fingerprint density at radius 3 is 2.81 bits per heavy atom. The lowest BCUT2D eigenvalue weighted by Gasteiger charge is -2.15. The standard InChI is InChI=1S/C12H15N3O/c13-6-9-2-1-3-10(11(9)14)15-7-12(8-16)4-5-12/h1-3,15-16H,4-5,7-8,14H2. The normalized spacial score (nSPS) is 16.5. The van der Waals surface area contributed by atoms with Crippen LogP contribution in [0.15, 0.2) is 18.2 Å². The number of nitrogens with one attached hydrogen (secondary N) is 1. The average Bonchev–Trinajstić information content (AvgIpc) is 3.08. The second kappa shape index (κ2) is 4.03. The topological polar surface area (TPSA) is 82.1 Å². The van der Waals surface area contributed by atoms with Crippen LogP contribution in [0.2, 0.25) is 0 Å². The molecule has 0 aliphatic heterocycles. The maximum Gasteiger partial charge on any atom is 0.101 e. The molecule has 1 aliphatic rings. The van der Waals surface area contributed by atoms with Crippen LogP contribution in [0.5, 0.6) is 0 Å². The fourth-order valence-corrected chi connectivity index (χ4v) is 1.67. The summed E-state index contributed by atoms with van der Waals surface area (Å²) in [7, 11) is 0. The number of aliphatic hydroxyl groups excluding tert-OH is 1. The molecule has 0 bridgehead atoms. The van der Waals surface area contributed by atoms with Gasteiger partial charge in [0, 0.05) is 12.0 Å². The minimum absolute atomic E-state index is 0.0368. The van der Waals surface area contributed by atoms with Gasteiger partial charge in [-0.05, 0) is 25.0 Å². The molecule has 16 heavy (non-hydrogen) atoms. The summed E-state index contributed by atoms with van der Waals surface area (Å²) in [5.41, 5.74) is 7.62. The summed E-state index contributed by atoms with van der Waals surface area (Å²) in [6, 6.07) is 7.39. The molecule has 4 nitrogen and oxygen atoms in total. The van der Waals surface area contributed by atoms with Gasteiger partial charge in [0.1, 0.15) is 6.07 Å². The first-order chi connectivity index (χ1) is 7.71. The van der Waals surface area contributed by atoms with Gasteiger partial charge >= 0.3 is 0 Å². The Labute approximate surface area is 94.7 Å². The molecule has 1 aromatic rings. The number of nitrogens with two attached hydrogens (primary N) is 1. The van der Waals surface area contributed by atoms with Crippen LogP contribution in [0.3, 0.4) is 0 Å². The zero-order valence-corrected chi connectivity index (χ0v) is 9.03. The lowest BCUT2D eigenvalue weighted by molar-refractivity contribution is 0.220. The summed E-state index contributed by atoms with van der Waals surface area (Å²) in [5, 5.41) is 21.2. The number of hydrogen-bond donors (Lipinski definition) is 3. The van der Waals surface area contributed by atoms with E-state index < -0.39 is 0 Å². The molecule has 1 aromatic carbocycles. The Morgan fingerprint density at radius 2 is 2.25 bits per heavy atom. The molecule has 1 saturated carbocycles. The minimum atomic E-state index is 0.0368. The molecule has 4 N–H and O–H groups in total. The largest absolute Gasteiger partial charge is 0.396 e. The van der Waals surface area contributed by atoms with Crippen molar-refractivity contribution >= 4 is 11.4 Å². The van der Waals surface area contributed by atoms with Crippen LogP contribution >= 0.6 is 0 Å². The zero-order chi connectivity index (χ0) is 11.6. The van der Waals surface area contributed by atoms with E-state index in [1.165, 1.54) is 0 Å². The first-order valence-corrected chi connectivity index (χ1v) is 5.34. The van der Waals surface area contributed by atoms with E-state index in [0.29, 0.717) is 17.8 Å². The fourth-order valence-electron chi connectivity index (χ4n) is 1.67. The van der Waals surface area contributed by atoms with Crippen molar-refractivity contribution in [1.29, 1.82) is 5.26 Å². The van der Waals surface area contributed by atoms with Crippen molar-refractivity contribution in [3.05, 3.63) is 23.8 Å². The Kier molecular flexibility index (Phi) is 2.71. The van der Waals surface area contributed by atoms with Crippen LogP contribution < -0.4 is 11.1 Å². The minimum Gasteiger partial charge on any atom is -0.396 e. The highest BCUT2D eigenvalue weighted by Crippen LogP contribution is 2.45. The van der Waals surface area contributed by atoms with Gasteiger partial charge in [-0.3, -0.25) is 0 Å². The lowest BCUT2D eigenvalue weighted by atomic mass is 10.1. The van der Waals surface area contributed by atoms with Gasteiger partial charge in [-0.15, -0.1) is 0 Å². The third-order valence-corrected chi connectivity index (χ3v) is 3.17. The van der Waals surface area contributed by atoms with Crippen LogP contribution in [-0.2, 0) is 0 Å². The Hall–Kier alpha value is -1.73. The third kappa shape index (κ3) is 1.95. The van der Waals surface area contributed by atoms with E-state index in [-0.39, 0.29) is 12.0 Å². The second-order valence-corrected chi connectivity index (χ2v) is 4.39. The summed E-state index contributed by atoms with van der Waals surface area (Å²) in [6.07, 6.45) is 2.10. The first kappa shape index (κ1) is 10.8. The van der Waals surface area contributed by atoms with E-state index in [1.54, 1.807) is 12.1 Å². The van der Waals surface area contributed by atoms with Crippen LogP contribution in [0.4, 0.5) is 11.4 Å². The summed E-state index contributed by atoms with van der Waals surface area (Å²) in [4.78, 5) is 0. The Bertz CT molecular complexity index is 432. The van der Waals surface area contributed by atoms with E-state index in [4.69, 9.17) is 11.0 Å². The summed E-state index contributed by atoms with van der Waals surface area (Å²) >= 11 is 0. The van der Waals surface area contributed by atoms with Gasteiger partial charge in [-0.25, -0.2) is 0 Å². The number of nitrogen functional groups attached to an aromatic ring is 1. The van der Waals surface area contributed by atoms with Crippen LogP contribution in [0, 0.1) is 16.7 Å². The van der Waals surface area contributed by atoms with Gasteiger partial charge in [0.25, 0.3) is 0 Å². The molecule has 0 atom stereocenters. The number of nitriles is 1. The third-order valence-electron chi connectivity index (χ3n) is 3.17. The maximum atomic E-state index is 9.18. The molecule has 0 aromatic heterocycles. The van der Waals surface area contributed by atoms with Gasteiger partial charge in [0.2, 0.25) is 0 Å². The van der Waals surface area contributed by atoms with Crippen LogP contribution in [0.1, 0.15) is 18.4 Å². The van der Waals surface area contributed by atoms with Crippen molar-refractivity contribution < 1.29 is 5.11 Å². The first-order valence-electron chi connectivity index (χ1n) is 5.34. The summed E-state index contributed by atoms with van der Waals surface area (Å²) < 4.78 is 0. The lowest BCUT2D eigenvalue weighted by Crippen LogP contribution is -2.19. The molecule has 0 unspecified atom stereocenters. The van der Waals surface area contributed by atoms with Crippen molar-refractivity contribution in [3.63, 3.8) is 0 Å². The molecule has 84 valence electrons. The highest BCUT2D eigenvalue weighted by Gasteiger charge is 2.41. The van der Waals surface area contributed by atoms with Crippen molar-refractivity contribution in [2.45, 2.75) is 12.8 Å². The van der Waals surface area contributed by atoms with E-state index in [1.807, 2.05) is 12.1 Å². The predicted molar refractivity (Wildman–Crippen MR) is 62.8 cm³/mol. The van der Waals surface area contributed by atoms with Crippen LogP contribution in [0.25, 0.3) is 0 Å². The van der Waals surface area contributed by atoms with E-state index >= 15 is 0 Å². The number of rotatable bonds is 4. The molecular formula is C12H15N3O. The molecule has 1 fully saturated rings.